The monoisotopic (exact) mass is 377 g/mol. The van der Waals surface area contributed by atoms with E-state index in [1.54, 1.807) is 0 Å². The number of hydrogen-bond donors (Lipinski definition) is 2. The van der Waals surface area contributed by atoms with Crippen LogP contribution in [-0.4, -0.2) is 67.5 Å². The number of aromatic carboxylic acids is 1. The third-order valence-corrected chi connectivity index (χ3v) is 7.84. The molecule has 1 aromatic rings. The summed E-state index contributed by atoms with van der Waals surface area (Å²) in [6, 6.07) is 2.64. The fourth-order valence-corrected chi connectivity index (χ4v) is 6.62. The molecule has 0 bridgehead atoms. The van der Waals surface area contributed by atoms with Crippen molar-refractivity contribution >= 4 is 25.8 Å². The molecule has 0 amide bonds. The van der Waals surface area contributed by atoms with Crippen LogP contribution in [0.2, 0.25) is 0 Å². The Morgan fingerprint density at radius 3 is 2.42 bits per heavy atom. The van der Waals surface area contributed by atoms with E-state index in [0.717, 1.165) is 10.4 Å². The number of sulfonamides is 1. The highest BCUT2D eigenvalue weighted by molar-refractivity contribution is 7.92. The molecule has 2 N–H and O–H groups in total. The van der Waals surface area contributed by atoms with Crippen LogP contribution in [0.5, 0.6) is 0 Å². The molecule has 1 saturated heterocycles. The lowest BCUT2D eigenvalue weighted by Gasteiger charge is -2.28. The van der Waals surface area contributed by atoms with E-state index in [-0.39, 0.29) is 17.0 Å². The summed E-state index contributed by atoms with van der Waals surface area (Å²) in [6.07, 6.45) is -1.31. The minimum atomic E-state index is -4.16. The Bertz CT molecular complexity index is 861. The van der Waals surface area contributed by atoms with Crippen LogP contribution in [-0.2, 0) is 19.9 Å². The average Bonchev–Trinajstić information content (AvgIpc) is 2.72. The predicted molar refractivity (Wildman–Crippen MR) is 86.2 cm³/mol. The van der Waals surface area contributed by atoms with E-state index in [2.05, 4.69) is 0 Å². The molecule has 0 unspecified atom stereocenters. The molecule has 0 aromatic heterocycles. The molecule has 134 valence electrons. The first-order valence-corrected chi connectivity index (χ1v) is 10.5. The first-order chi connectivity index (χ1) is 11.0. The summed E-state index contributed by atoms with van der Waals surface area (Å²) >= 11 is 0. The van der Waals surface area contributed by atoms with E-state index in [1.165, 1.54) is 26.0 Å². The zero-order valence-electron chi connectivity index (χ0n) is 13.2. The van der Waals surface area contributed by atoms with Crippen molar-refractivity contribution in [3.63, 3.8) is 0 Å². The van der Waals surface area contributed by atoms with Gasteiger partial charge in [-0.3, -0.25) is 0 Å². The topological polar surface area (TPSA) is 129 Å². The highest BCUT2D eigenvalue weighted by atomic mass is 32.2. The number of carbonyl (C=O) groups is 1. The lowest BCUT2D eigenvalue weighted by atomic mass is 10.1. The summed E-state index contributed by atoms with van der Waals surface area (Å²) in [5, 5.41) is 19.0. The molecule has 1 heterocycles. The van der Waals surface area contributed by atoms with Crippen molar-refractivity contribution in [3.05, 3.63) is 29.3 Å². The molecular formula is C14H19NO7S2. The van der Waals surface area contributed by atoms with E-state index < -0.39 is 49.5 Å². The number of rotatable bonds is 5. The van der Waals surface area contributed by atoms with E-state index in [4.69, 9.17) is 5.11 Å². The molecule has 0 aliphatic carbocycles. The minimum absolute atomic E-state index is 0.0453. The fourth-order valence-electron chi connectivity index (χ4n) is 2.81. The second-order valence-corrected chi connectivity index (χ2v) is 9.72. The summed E-state index contributed by atoms with van der Waals surface area (Å²) in [5.74, 6) is -2.21. The normalized spacial score (nSPS) is 23.5. The molecule has 1 aliphatic heterocycles. The van der Waals surface area contributed by atoms with Crippen LogP contribution in [0.1, 0.15) is 22.8 Å². The highest BCUT2D eigenvalue weighted by Crippen LogP contribution is 2.27. The van der Waals surface area contributed by atoms with Crippen LogP contribution < -0.4 is 0 Å². The SMILES string of the molecule is CCN([C@@H]1CS(=O)(=O)C[C@@H]1O)S(=O)(=O)c1cc(C(=O)O)ccc1C. The zero-order chi connectivity index (χ0) is 18.3. The van der Waals surface area contributed by atoms with Gasteiger partial charge in [-0.2, -0.15) is 4.31 Å². The number of carboxylic acid groups (broad SMARTS) is 1. The van der Waals surface area contributed by atoms with Crippen molar-refractivity contribution in [3.8, 4) is 0 Å². The smallest absolute Gasteiger partial charge is 0.335 e. The molecule has 10 heteroatoms. The zero-order valence-corrected chi connectivity index (χ0v) is 14.8. The largest absolute Gasteiger partial charge is 0.478 e. The predicted octanol–water partition coefficient (Wildman–Crippen LogP) is -0.138. The third-order valence-electron chi connectivity index (χ3n) is 4.00. The molecule has 8 nitrogen and oxygen atoms in total. The molecule has 0 spiro atoms. The van der Waals surface area contributed by atoms with Crippen LogP contribution in [0.25, 0.3) is 0 Å². The van der Waals surface area contributed by atoms with Crippen LogP contribution in [0.3, 0.4) is 0 Å². The Morgan fingerprint density at radius 2 is 1.96 bits per heavy atom. The van der Waals surface area contributed by atoms with Gasteiger partial charge in [-0.1, -0.05) is 13.0 Å². The van der Waals surface area contributed by atoms with Gasteiger partial charge < -0.3 is 10.2 Å². The number of aliphatic hydroxyl groups excluding tert-OH is 1. The number of hydrogen-bond acceptors (Lipinski definition) is 6. The summed E-state index contributed by atoms with van der Waals surface area (Å²) in [6.45, 7) is 3.01. The maximum Gasteiger partial charge on any atom is 0.335 e. The highest BCUT2D eigenvalue weighted by Gasteiger charge is 2.44. The van der Waals surface area contributed by atoms with Gasteiger partial charge in [0.1, 0.15) is 0 Å². The van der Waals surface area contributed by atoms with Gasteiger partial charge in [0, 0.05) is 6.54 Å². The van der Waals surface area contributed by atoms with Gasteiger partial charge in [0.25, 0.3) is 0 Å². The Kier molecular flexibility index (Phi) is 5.05. The first kappa shape index (κ1) is 18.8. The Labute approximate surface area is 140 Å². The van der Waals surface area contributed by atoms with Crippen molar-refractivity contribution in [2.45, 2.75) is 30.9 Å². The van der Waals surface area contributed by atoms with Crippen LogP contribution in [0.4, 0.5) is 0 Å². The molecule has 0 radical (unpaired) electrons. The van der Waals surface area contributed by atoms with Crippen molar-refractivity contribution in [1.82, 2.24) is 4.31 Å². The van der Waals surface area contributed by atoms with Crippen molar-refractivity contribution in [2.24, 2.45) is 0 Å². The quantitative estimate of drug-likeness (QED) is 0.731. The second kappa shape index (κ2) is 6.43. The molecule has 24 heavy (non-hydrogen) atoms. The number of sulfone groups is 1. The second-order valence-electron chi connectivity index (χ2n) is 5.71. The van der Waals surface area contributed by atoms with E-state index >= 15 is 0 Å². The maximum absolute atomic E-state index is 12.9. The van der Waals surface area contributed by atoms with Crippen LogP contribution in [0.15, 0.2) is 23.1 Å². The van der Waals surface area contributed by atoms with Gasteiger partial charge in [0.15, 0.2) is 9.84 Å². The number of aliphatic hydroxyl groups is 1. The maximum atomic E-state index is 12.9. The fraction of sp³-hybridized carbons (Fsp3) is 0.500. The molecular weight excluding hydrogens is 358 g/mol. The van der Waals surface area contributed by atoms with Gasteiger partial charge in [0.2, 0.25) is 10.0 Å². The standard InChI is InChI=1S/C14H19NO7S2/c1-3-15(11-7-23(19,20)8-12(11)16)24(21,22)13-6-10(14(17)18)5-4-9(13)2/h4-6,11-12,16H,3,7-8H2,1-2H3,(H,17,18)/t11-,12+/m1/s1. The molecule has 1 fully saturated rings. The van der Waals surface area contributed by atoms with Crippen molar-refractivity contribution in [2.75, 3.05) is 18.1 Å². The summed E-state index contributed by atoms with van der Waals surface area (Å²) in [4.78, 5) is 10.9. The third kappa shape index (κ3) is 3.46. The molecule has 0 saturated carbocycles. The van der Waals surface area contributed by atoms with Gasteiger partial charge in [-0.25, -0.2) is 21.6 Å². The molecule has 1 aromatic carbocycles. The van der Waals surface area contributed by atoms with Crippen molar-refractivity contribution < 1.29 is 31.8 Å². The van der Waals surface area contributed by atoms with Gasteiger partial charge >= 0.3 is 5.97 Å². The van der Waals surface area contributed by atoms with Gasteiger partial charge in [0.05, 0.1) is 34.1 Å². The lowest BCUT2D eigenvalue weighted by Crippen LogP contribution is -2.46. The Balaban J connectivity index is 2.52. The van der Waals surface area contributed by atoms with E-state index in [0.29, 0.717) is 5.56 Å². The first-order valence-electron chi connectivity index (χ1n) is 7.24. The number of likely N-dealkylation sites (N-methyl/N-ethyl adjacent to an activating group) is 1. The number of carboxylic acids is 1. The van der Waals surface area contributed by atoms with Crippen LogP contribution >= 0.6 is 0 Å². The average molecular weight is 377 g/mol. The van der Waals surface area contributed by atoms with Gasteiger partial charge in [-0.05, 0) is 24.6 Å². The molecule has 2 rings (SSSR count). The summed E-state index contributed by atoms with van der Waals surface area (Å²) < 4.78 is 50.2. The minimum Gasteiger partial charge on any atom is -0.478 e. The Hall–Kier alpha value is -1.49. The van der Waals surface area contributed by atoms with Crippen molar-refractivity contribution in [1.29, 1.82) is 0 Å². The van der Waals surface area contributed by atoms with E-state index in [9.17, 15) is 26.7 Å². The number of nitrogens with zero attached hydrogens (tertiary/aromatic N) is 1. The molecule has 1 aliphatic rings. The number of benzene rings is 1. The van der Waals surface area contributed by atoms with Gasteiger partial charge in [-0.15, -0.1) is 0 Å². The van der Waals surface area contributed by atoms with Crippen LogP contribution in [0, 0.1) is 6.92 Å². The molecule has 2 atom stereocenters. The number of aryl methyl sites for hydroxylation is 1. The summed E-state index contributed by atoms with van der Waals surface area (Å²) in [5.41, 5.74) is 0.156. The lowest BCUT2D eigenvalue weighted by molar-refractivity contribution is 0.0696. The Morgan fingerprint density at radius 1 is 1.33 bits per heavy atom. The van der Waals surface area contributed by atoms with E-state index in [1.807, 2.05) is 0 Å². The summed E-state index contributed by atoms with van der Waals surface area (Å²) in [7, 11) is -7.68.